The topological polar surface area (TPSA) is 279 Å². The van der Waals surface area contributed by atoms with Crippen molar-refractivity contribution >= 4 is 41.6 Å². The molecule has 0 N–H and O–H groups in total. The zero-order valence-electron chi connectivity index (χ0n) is 81.2. The maximum atomic E-state index is 11.8. The monoisotopic (exact) mass is 1660 g/mol. The minimum atomic E-state index is -0.511. The highest BCUT2D eigenvalue weighted by Crippen LogP contribution is 2.26. The van der Waals surface area contributed by atoms with Crippen LogP contribution in [0, 0.1) is 65.0 Å². The fourth-order valence-corrected chi connectivity index (χ4v) is 7.72. The SMILES string of the molecule is CC(C)(C)CCCCCC(=O)C(C)(C)C.CC(C)(C)CCOC(=O)C(C)(C)C.CC(C)(C)CCOCCOC(=O)C(C)(C)C.CC(C)(C)CCOCCOC(=O)CCc1cn(CCOCCOC(=O)C(C)(C)C)nn1.CC(C)(C)CCOCCOCCOC(=O)C(C)(C)C.CC(C)(C)CCOCCOCCOCCOC(=O)C(C)(C)C. The van der Waals surface area contributed by atoms with E-state index in [2.05, 4.69) is 135 Å². The molecule has 0 aliphatic carbocycles. The summed E-state index contributed by atoms with van der Waals surface area (Å²) in [5, 5.41) is 8.07. The van der Waals surface area contributed by atoms with Crippen molar-refractivity contribution in [1.29, 1.82) is 0 Å². The Bertz CT molecular complexity index is 2680. The summed E-state index contributed by atoms with van der Waals surface area (Å²) in [4.78, 5) is 80.7. The van der Waals surface area contributed by atoms with Gasteiger partial charge in [-0.2, -0.15) is 0 Å². The number of esters is 6. The van der Waals surface area contributed by atoms with Gasteiger partial charge in [0.2, 0.25) is 0 Å². The van der Waals surface area contributed by atoms with Crippen molar-refractivity contribution in [2.75, 3.05) is 145 Å². The largest absolute Gasteiger partial charge is 0.465 e. The van der Waals surface area contributed by atoms with Crippen molar-refractivity contribution in [2.45, 2.75) is 333 Å². The predicted octanol–water partition coefficient (Wildman–Crippen LogP) is 19.6. The Morgan fingerprint density at radius 2 is 0.500 bits per heavy atom. The van der Waals surface area contributed by atoms with E-state index in [0.29, 0.717) is 146 Å². The number of nitrogens with zero attached hydrogens (tertiary/aromatic N) is 3. The van der Waals surface area contributed by atoms with Crippen LogP contribution in [-0.2, 0) is 113 Å². The second-order valence-electron chi connectivity index (χ2n) is 42.9. The van der Waals surface area contributed by atoms with E-state index in [0.717, 1.165) is 70.5 Å². The third-order valence-electron chi connectivity index (χ3n) is 15.9. The first-order valence-corrected chi connectivity index (χ1v) is 42.7. The van der Waals surface area contributed by atoms with Crippen LogP contribution < -0.4 is 0 Å². The van der Waals surface area contributed by atoms with Crippen LogP contribution in [0.5, 0.6) is 0 Å². The fraction of sp³-hybridized carbons (Fsp3) is 0.902. The standard InChI is InChI=1S/C22H39N3O6.C17H34O5.C15H30O4.C14H28O.C13H26O3.C11H22O2/c1-21(2,3)9-11-28-13-15-30-19(26)8-7-18-17-25(24-23-18)10-12-29-14-16-31-20(27)22(4,5)6;1-16(2,3)7-8-19-9-10-20-11-12-21-13-14-22-15(18)17(4,5)6;1-14(2,3)7-8-17-9-10-18-11-12-19-13(16)15(4,5)6;1-13(2,3)11-9-7-8-10-12(15)14(4,5)6;1-12(2,3)7-8-15-9-10-16-11(14)13(4,5)6;1-10(2,3)7-8-13-9(12)11(4,5)6/h17H,7-16H2,1-6H3;7-14H2,1-6H3;7-12H2,1-6H3;7-11H2,1-6H3;7-10H2,1-6H3;7-8H2,1-6H3. The Kier molecular flexibility index (Phi) is 63.6. The van der Waals surface area contributed by atoms with Crippen molar-refractivity contribution in [1.82, 2.24) is 15.0 Å². The quantitative estimate of drug-likeness (QED) is 0.0333. The number of hydrogen-bond acceptors (Lipinski definition) is 23. The number of carbonyl (C=O) groups is 7. The van der Waals surface area contributed by atoms with E-state index in [1.54, 1.807) is 10.9 Å². The Balaban J connectivity index is -0.000000436. The smallest absolute Gasteiger partial charge is 0.311 e. The molecule has 0 unspecified atom stereocenters. The van der Waals surface area contributed by atoms with Crippen LogP contribution in [0.25, 0.3) is 0 Å². The van der Waals surface area contributed by atoms with E-state index in [-0.39, 0.29) is 83.7 Å². The van der Waals surface area contributed by atoms with E-state index in [9.17, 15) is 33.6 Å². The van der Waals surface area contributed by atoms with Gasteiger partial charge in [0.25, 0.3) is 0 Å². The van der Waals surface area contributed by atoms with Gasteiger partial charge in [-0.25, -0.2) is 4.68 Å². The van der Waals surface area contributed by atoms with Gasteiger partial charge in [-0.15, -0.1) is 5.10 Å². The molecule has 1 rings (SSSR count). The molecule has 1 aromatic heterocycles. The van der Waals surface area contributed by atoms with Crippen molar-refractivity contribution in [3.8, 4) is 0 Å². The summed E-state index contributed by atoms with van der Waals surface area (Å²) < 4.78 is 75.6. The van der Waals surface area contributed by atoms with Crippen molar-refractivity contribution in [3.63, 3.8) is 0 Å². The molecule has 1 aromatic rings. The van der Waals surface area contributed by atoms with Crippen molar-refractivity contribution in [3.05, 3.63) is 11.9 Å². The number of hydrogen-bond donors (Lipinski definition) is 0. The third kappa shape index (κ3) is 90.1. The zero-order valence-corrected chi connectivity index (χ0v) is 81.2. The number of rotatable bonds is 45. The highest BCUT2D eigenvalue weighted by atomic mass is 16.6. The summed E-state index contributed by atoms with van der Waals surface area (Å²) in [5.74, 6) is -0.815. The molecule has 0 radical (unpaired) electrons. The van der Waals surface area contributed by atoms with Gasteiger partial charge in [0, 0.05) is 50.9 Å². The lowest BCUT2D eigenvalue weighted by Gasteiger charge is -2.20. The molecule has 0 aliphatic rings. The first-order valence-electron chi connectivity index (χ1n) is 42.7. The summed E-state index contributed by atoms with van der Waals surface area (Å²) in [6.45, 7) is 84.1. The molecule has 0 aliphatic heterocycles. The summed E-state index contributed by atoms with van der Waals surface area (Å²) in [6, 6.07) is 0. The van der Waals surface area contributed by atoms with E-state index in [1.165, 1.54) is 19.3 Å². The average Bonchev–Trinajstić information content (AvgIpc) is 1.58. The Labute approximate surface area is 708 Å². The van der Waals surface area contributed by atoms with Crippen LogP contribution in [0.2, 0.25) is 0 Å². The molecule has 24 heteroatoms. The van der Waals surface area contributed by atoms with Gasteiger partial charge in [-0.1, -0.05) is 163 Å². The van der Waals surface area contributed by atoms with Crippen LogP contribution in [0.1, 0.15) is 326 Å². The summed E-state index contributed by atoms with van der Waals surface area (Å²) >= 11 is 0. The molecular weight excluding hydrogens is 1480 g/mol. The van der Waals surface area contributed by atoms with Crippen LogP contribution in [0.15, 0.2) is 6.20 Å². The second kappa shape index (κ2) is 61.6. The Morgan fingerprint density at radius 1 is 0.259 bits per heavy atom. The lowest BCUT2D eigenvalue weighted by atomic mass is 9.86. The molecule has 1 heterocycles. The van der Waals surface area contributed by atoms with E-state index in [4.69, 9.17) is 66.3 Å². The van der Waals surface area contributed by atoms with Crippen molar-refractivity contribution < 1.29 is 99.9 Å². The number of Topliss-reactive ketones (excluding diaryl/α,β-unsaturated/α-hetero) is 1. The molecule has 116 heavy (non-hydrogen) atoms. The van der Waals surface area contributed by atoms with Crippen LogP contribution in [0.4, 0.5) is 0 Å². The number of aromatic nitrogens is 3. The number of unbranched alkanes of at least 4 members (excludes halogenated alkanes) is 2. The van der Waals surface area contributed by atoms with Crippen LogP contribution in [-0.4, -0.2) is 202 Å². The molecule has 0 atom stereocenters. The molecule has 24 nitrogen and oxygen atoms in total. The average molecular weight is 1660 g/mol. The molecule has 0 bridgehead atoms. The minimum absolute atomic E-state index is 0.114. The lowest BCUT2D eigenvalue weighted by Crippen LogP contribution is -2.24. The highest BCUT2D eigenvalue weighted by molar-refractivity contribution is 5.83. The molecular formula is C92H179N3O21. The lowest BCUT2D eigenvalue weighted by molar-refractivity contribution is -0.155. The van der Waals surface area contributed by atoms with Crippen LogP contribution in [0.3, 0.4) is 0 Å². The highest BCUT2D eigenvalue weighted by Gasteiger charge is 2.28. The first kappa shape index (κ1) is 120. The van der Waals surface area contributed by atoms with Gasteiger partial charge in [-0.05, 0) is 181 Å². The van der Waals surface area contributed by atoms with E-state index in [1.807, 2.05) is 125 Å². The van der Waals surface area contributed by atoms with Gasteiger partial charge < -0.3 is 66.3 Å². The molecule has 0 amide bonds. The second-order valence-corrected chi connectivity index (χ2v) is 42.9. The Morgan fingerprint density at radius 3 is 0.767 bits per heavy atom. The Hall–Kier alpha value is -4.69. The maximum absolute atomic E-state index is 11.8. The minimum Gasteiger partial charge on any atom is -0.465 e. The molecule has 0 saturated carbocycles. The van der Waals surface area contributed by atoms with E-state index >= 15 is 0 Å². The third-order valence-corrected chi connectivity index (χ3v) is 15.9. The molecule has 0 fully saturated rings. The van der Waals surface area contributed by atoms with Crippen LogP contribution >= 0.6 is 0 Å². The molecule has 0 saturated heterocycles. The summed E-state index contributed by atoms with van der Waals surface area (Å²) in [7, 11) is 0. The fourth-order valence-electron chi connectivity index (χ4n) is 7.72. The number of carbonyl (C=O) groups excluding carboxylic acids is 7. The first-order chi connectivity index (χ1) is 52.6. The number of ketones is 1. The van der Waals surface area contributed by atoms with E-state index < -0.39 is 21.7 Å². The number of aryl methyl sites for hydroxylation is 1. The predicted molar refractivity (Wildman–Crippen MR) is 465 cm³/mol. The molecule has 688 valence electrons. The normalized spacial score (nSPS) is 12.5. The zero-order chi connectivity index (χ0) is 91.0. The number of ether oxygens (including phenoxy) is 14. The maximum Gasteiger partial charge on any atom is 0.311 e. The van der Waals surface area contributed by atoms with Gasteiger partial charge in [-0.3, -0.25) is 33.6 Å². The molecule has 0 aromatic carbocycles. The molecule has 0 spiro atoms. The summed E-state index contributed by atoms with van der Waals surface area (Å²) in [6.07, 6.45) is 13.0. The van der Waals surface area contributed by atoms with Crippen molar-refractivity contribution in [2.24, 2.45) is 65.0 Å². The van der Waals surface area contributed by atoms with Gasteiger partial charge in [0.15, 0.2) is 0 Å². The van der Waals surface area contributed by atoms with Gasteiger partial charge in [0.1, 0.15) is 38.8 Å². The van der Waals surface area contributed by atoms with Gasteiger partial charge in [0.05, 0.1) is 132 Å². The van der Waals surface area contributed by atoms with Gasteiger partial charge >= 0.3 is 35.8 Å². The summed E-state index contributed by atoms with van der Waals surface area (Å²) in [5.41, 5.74) is 0.170.